The van der Waals surface area contributed by atoms with Crippen molar-refractivity contribution in [3.63, 3.8) is 0 Å². The largest absolute Gasteiger partial charge is 0.497 e. The van der Waals surface area contributed by atoms with Crippen molar-refractivity contribution >= 4 is 16.6 Å². The van der Waals surface area contributed by atoms with Gasteiger partial charge in [-0.2, -0.15) is 0 Å². The Kier molecular flexibility index (Phi) is 7.04. The Morgan fingerprint density at radius 1 is 0.879 bits per heavy atom. The van der Waals surface area contributed by atoms with Gasteiger partial charge in [-0.3, -0.25) is 9.69 Å². The molecule has 0 bridgehead atoms. The summed E-state index contributed by atoms with van der Waals surface area (Å²) in [6, 6.07) is 15.7. The van der Waals surface area contributed by atoms with Crippen LogP contribution in [0.3, 0.4) is 0 Å². The zero-order chi connectivity index (χ0) is 23.4. The second kappa shape index (κ2) is 10.1. The standard InChI is InChI=1S/C27H31NO5/c1-30-23-11-9-18-14-20(8-7-19(18)15-23)25(29)21-6-5-13-28(16-21)17-22-10-12-24(31-2)27(33-4)26(22)32-3/h7-12,14-15,21H,5-6,13,16-17H2,1-4H3/t21-/m0/s1. The van der Waals surface area contributed by atoms with Gasteiger partial charge >= 0.3 is 0 Å². The number of benzene rings is 3. The van der Waals surface area contributed by atoms with E-state index in [4.69, 9.17) is 18.9 Å². The van der Waals surface area contributed by atoms with Crippen molar-refractivity contribution in [2.24, 2.45) is 5.92 Å². The molecule has 0 aromatic heterocycles. The van der Waals surface area contributed by atoms with Crippen LogP contribution in [0.1, 0.15) is 28.8 Å². The summed E-state index contributed by atoms with van der Waals surface area (Å²) < 4.78 is 21.9. The molecule has 1 saturated heterocycles. The van der Waals surface area contributed by atoms with E-state index in [0.29, 0.717) is 23.8 Å². The Hall–Kier alpha value is -3.25. The molecule has 33 heavy (non-hydrogen) atoms. The molecule has 1 fully saturated rings. The zero-order valence-electron chi connectivity index (χ0n) is 19.7. The molecule has 0 unspecified atom stereocenters. The third-order valence-corrected chi connectivity index (χ3v) is 6.39. The summed E-state index contributed by atoms with van der Waals surface area (Å²) in [5.74, 6) is 2.90. The number of nitrogens with zero attached hydrogens (tertiary/aromatic N) is 1. The number of likely N-dealkylation sites (tertiary alicyclic amines) is 1. The molecule has 3 aromatic carbocycles. The summed E-state index contributed by atoms with van der Waals surface area (Å²) in [7, 11) is 6.52. The van der Waals surface area contributed by atoms with Gasteiger partial charge in [-0.15, -0.1) is 0 Å². The van der Waals surface area contributed by atoms with E-state index in [1.165, 1.54) is 0 Å². The number of ether oxygens (including phenoxy) is 4. The predicted molar refractivity (Wildman–Crippen MR) is 129 cm³/mol. The first-order valence-electron chi connectivity index (χ1n) is 11.2. The summed E-state index contributed by atoms with van der Waals surface area (Å²) in [5, 5.41) is 2.11. The molecule has 6 heteroatoms. The average molecular weight is 450 g/mol. The van der Waals surface area contributed by atoms with E-state index in [-0.39, 0.29) is 11.7 Å². The van der Waals surface area contributed by atoms with Crippen molar-refractivity contribution < 1.29 is 23.7 Å². The Balaban J connectivity index is 1.51. The van der Waals surface area contributed by atoms with Gasteiger partial charge in [0.05, 0.1) is 28.4 Å². The van der Waals surface area contributed by atoms with Crippen LogP contribution >= 0.6 is 0 Å². The highest BCUT2D eigenvalue weighted by Crippen LogP contribution is 2.40. The number of fused-ring (bicyclic) bond motifs is 1. The second-order valence-electron chi connectivity index (χ2n) is 8.36. The fraction of sp³-hybridized carbons (Fsp3) is 0.370. The molecule has 1 heterocycles. The number of ketones is 1. The molecular formula is C27H31NO5. The lowest BCUT2D eigenvalue weighted by Crippen LogP contribution is -2.38. The molecule has 0 aliphatic carbocycles. The number of hydrogen-bond acceptors (Lipinski definition) is 6. The normalized spacial score (nSPS) is 16.4. The highest BCUT2D eigenvalue weighted by atomic mass is 16.5. The van der Waals surface area contributed by atoms with Gasteiger partial charge in [-0.25, -0.2) is 0 Å². The van der Waals surface area contributed by atoms with Gasteiger partial charge in [0.2, 0.25) is 5.75 Å². The Bertz CT molecular complexity index is 1140. The van der Waals surface area contributed by atoms with E-state index in [2.05, 4.69) is 4.90 Å². The van der Waals surface area contributed by atoms with Crippen molar-refractivity contribution in [3.05, 3.63) is 59.7 Å². The van der Waals surface area contributed by atoms with Gasteiger partial charge in [0.15, 0.2) is 17.3 Å². The SMILES string of the molecule is COc1ccc2cc(C(=O)[C@H]3CCCN(Cc4ccc(OC)c(OC)c4OC)C3)ccc2c1. The number of carbonyl (C=O) groups is 1. The number of Topliss-reactive ketones (excluding diaryl/α,β-unsaturated/α-hetero) is 1. The third kappa shape index (κ3) is 4.76. The molecule has 0 spiro atoms. The monoisotopic (exact) mass is 449 g/mol. The zero-order valence-corrected chi connectivity index (χ0v) is 19.7. The topological polar surface area (TPSA) is 57.2 Å². The molecule has 174 valence electrons. The van der Waals surface area contributed by atoms with Gasteiger partial charge in [0.1, 0.15) is 5.75 Å². The Morgan fingerprint density at radius 2 is 1.64 bits per heavy atom. The molecule has 0 radical (unpaired) electrons. The molecule has 3 aromatic rings. The lowest BCUT2D eigenvalue weighted by molar-refractivity contribution is 0.0810. The fourth-order valence-corrected chi connectivity index (χ4v) is 4.68. The first-order valence-corrected chi connectivity index (χ1v) is 11.2. The molecule has 6 nitrogen and oxygen atoms in total. The van der Waals surface area contributed by atoms with Gasteiger partial charge in [-0.05, 0) is 54.4 Å². The molecule has 1 atom stereocenters. The van der Waals surface area contributed by atoms with Crippen LogP contribution in [0.4, 0.5) is 0 Å². The van der Waals surface area contributed by atoms with Gasteiger partial charge < -0.3 is 18.9 Å². The maximum atomic E-state index is 13.4. The lowest BCUT2D eigenvalue weighted by Gasteiger charge is -2.32. The number of hydrogen-bond donors (Lipinski definition) is 0. The van der Waals surface area contributed by atoms with Gasteiger partial charge in [-0.1, -0.05) is 24.3 Å². The summed E-state index contributed by atoms with van der Waals surface area (Å²) >= 11 is 0. The summed E-state index contributed by atoms with van der Waals surface area (Å²) in [4.78, 5) is 15.7. The van der Waals surface area contributed by atoms with E-state index in [9.17, 15) is 4.79 Å². The van der Waals surface area contributed by atoms with E-state index < -0.39 is 0 Å². The number of piperidine rings is 1. The minimum atomic E-state index is -0.0272. The molecule has 0 N–H and O–H groups in total. The Morgan fingerprint density at radius 3 is 2.36 bits per heavy atom. The summed E-state index contributed by atoms with van der Waals surface area (Å²) in [6.07, 6.45) is 1.88. The van der Waals surface area contributed by atoms with Crippen LogP contribution in [-0.4, -0.2) is 52.2 Å². The molecular weight excluding hydrogens is 418 g/mol. The maximum absolute atomic E-state index is 13.4. The van der Waals surface area contributed by atoms with Crippen LogP contribution < -0.4 is 18.9 Å². The minimum absolute atomic E-state index is 0.0272. The summed E-state index contributed by atoms with van der Waals surface area (Å²) in [6.45, 7) is 2.35. The van der Waals surface area contributed by atoms with E-state index in [1.807, 2.05) is 48.5 Å². The van der Waals surface area contributed by atoms with Crippen molar-refractivity contribution in [1.82, 2.24) is 4.90 Å². The van der Waals surface area contributed by atoms with Crippen LogP contribution in [0, 0.1) is 5.92 Å². The van der Waals surface area contributed by atoms with Crippen molar-refractivity contribution in [2.75, 3.05) is 41.5 Å². The molecule has 4 rings (SSSR count). The van der Waals surface area contributed by atoms with E-state index in [0.717, 1.165) is 53.6 Å². The second-order valence-corrected chi connectivity index (χ2v) is 8.36. The highest BCUT2D eigenvalue weighted by Gasteiger charge is 2.28. The van der Waals surface area contributed by atoms with Crippen LogP contribution in [0.2, 0.25) is 0 Å². The minimum Gasteiger partial charge on any atom is -0.497 e. The smallest absolute Gasteiger partial charge is 0.203 e. The first-order chi connectivity index (χ1) is 16.1. The number of carbonyl (C=O) groups excluding carboxylic acids is 1. The molecule has 1 aliphatic heterocycles. The van der Waals surface area contributed by atoms with Crippen LogP contribution in [-0.2, 0) is 6.54 Å². The molecule has 0 amide bonds. The van der Waals surface area contributed by atoms with Crippen molar-refractivity contribution in [3.8, 4) is 23.0 Å². The fourth-order valence-electron chi connectivity index (χ4n) is 4.68. The van der Waals surface area contributed by atoms with E-state index >= 15 is 0 Å². The predicted octanol–water partition coefficient (Wildman–Crippen LogP) is 4.97. The third-order valence-electron chi connectivity index (χ3n) is 6.39. The number of methoxy groups -OCH3 is 4. The quantitative estimate of drug-likeness (QED) is 0.453. The molecule has 0 saturated carbocycles. The summed E-state index contributed by atoms with van der Waals surface area (Å²) in [5.41, 5.74) is 1.78. The van der Waals surface area contributed by atoms with Crippen LogP contribution in [0.5, 0.6) is 23.0 Å². The maximum Gasteiger partial charge on any atom is 0.203 e. The molecule has 1 aliphatic rings. The highest BCUT2D eigenvalue weighted by molar-refractivity contribution is 6.01. The van der Waals surface area contributed by atoms with Gasteiger partial charge in [0.25, 0.3) is 0 Å². The first kappa shape index (κ1) is 22.9. The van der Waals surface area contributed by atoms with E-state index in [1.54, 1.807) is 28.4 Å². The Labute approximate surface area is 195 Å². The average Bonchev–Trinajstić information content (AvgIpc) is 2.87. The van der Waals surface area contributed by atoms with Gasteiger partial charge in [0, 0.05) is 30.1 Å². The number of rotatable bonds is 8. The lowest BCUT2D eigenvalue weighted by atomic mass is 9.89. The van der Waals surface area contributed by atoms with Crippen LogP contribution in [0.25, 0.3) is 10.8 Å². The van der Waals surface area contributed by atoms with Crippen molar-refractivity contribution in [2.45, 2.75) is 19.4 Å². The van der Waals surface area contributed by atoms with Crippen molar-refractivity contribution in [1.29, 1.82) is 0 Å². The van der Waals surface area contributed by atoms with Crippen LogP contribution in [0.15, 0.2) is 48.5 Å².